The van der Waals surface area contributed by atoms with Gasteiger partial charge in [0.1, 0.15) is 10.5 Å². The number of nitrogens with zero attached hydrogens (tertiary/aromatic N) is 1. The van der Waals surface area contributed by atoms with Crippen molar-refractivity contribution in [3.63, 3.8) is 0 Å². The summed E-state index contributed by atoms with van der Waals surface area (Å²) in [5, 5.41) is 0. The molecule has 1 fully saturated rings. The van der Waals surface area contributed by atoms with E-state index in [-0.39, 0.29) is 0 Å². The Kier molecular flexibility index (Phi) is 1.97. The van der Waals surface area contributed by atoms with Gasteiger partial charge in [-0.25, -0.2) is 4.98 Å². The minimum Gasteiger partial charge on any atom is -0.334 e. The SMILES string of the molecule is CCc1cnc(C2CC2)[nH]c1=S. The first kappa shape index (κ1) is 7.92. The second kappa shape index (κ2) is 2.98. The molecule has 64 valence electrons. The van der Waals surface area contributed by atoms with Gasteiger partial charge in [0.05, 0.1) is 0 Å². The first-order valence-corrected chi connectivity index (χ1v) is 4.80. The largest absolute Gasteiger partial charge is 0.334 e. The molecular formula is C9H12N2S. The highest BCUT2D eigenvalue weighted by atomic mass is 32.1. The molecule has 1 aromatic rings. The summed E-state index contributed by atoms with van der Waals surface area (Å²) in [5.74, 6) is 1.75. The van der Waals surface area contributed by atoms with Gasteiger partial charge >= 0.3 is 0 Å². The minimum atomic E-state index is 0.664. The van der Waals surface area contributed by atoms with Crippen LogP contribution in [0.1, 0.15) is 37.1 Å². The Morgan fingerprint density at radius 1 is 1.67 bits per heavy atom. The Bertz CT molecular complexity index is 339. The number of aryl methyl sites for hydroxylation is 1. The summed E-state index contributed by atoms with van der Waals surface area (Å²) >= 11 is 5.19. The van der Waals surface area contributed by atoms with Gasteiger partial charge in [-0.15, -0.1) is 0 Å². The summed E-state index contributed by atoms with van der Waals surface area (Å²) in [7, 11) is 0. The Labute approximate surface area is 77.0 Å². The van der Waals surface area contributed by atoms with E-state index in [0.717, 1.165) is 22.4 Å². The van der Waals surface area contributed by atoms with Gasteiger partial charge in [-0.2, -0.15) is 0 Å². The molecule has 0 atom stereocenters. The van der Waals surface area contributed by atoms with Crippen LogP contribution in [0.25, 0.3) is 0 Å². The van der Waals surface area contributed by atoms with Crippen LogP contribution in [0.15, 0.2) is 6.20 Å². The maximum Gasteiger partial charge on any atom is 0.110 e. The number of nitrogens with one attached hydrogen (secondary N) is 1. The summed E-state index contributed by atoms with van der Waals surface area (Å²) in [6.45, 7) is 2.09. The molecule has 0 spiro atoms. The number of rotatable bonds is 2. The van der Waals surface area contributed by atoms with Crippen molar-refractivity contribution in [3.8, 4) is 0 Å². The lowest BCUT2D eigenvalue weighted by Gasteiger charge is -2.00. The molecule has 3 heteroatoms. The van der Waals surface area contributed by atoms with Crippen LogP contribution in [-0.2, 0) is 6.42 Å². The molecule has 1 aliphatic rings. The zero-order chi connectivity index (χ0) is 8.55. The fraction of sp³-hybridized carbons (Fsp3) is 0.556. The van der Waals surface area contributed by atoms with Crippen LogP contribution in [0.5, 0.6) is 0 Å². The first-order valence-electron chi connectivity index (χ1n) is 4.39. The van der Waals surface area contributed by atoms with E-state index >= 15 is 0 Å². The molecule has 1 aliphatic carbocycles. The molecule has 0 aliphatic heterocycles. The van der Waals surface area contributed by atoms with E-state index in [1.165, 1.54) is 12.8 Å². The molecule has 2 nitrogen and oxygen atoms in total. The summed E-state index contributed by atoms with van der Waals surface area (Å²) in [4.78, 5) is 7.54. The van der Waals surface area contributed by atoms with Crippen molar-refractivity contribution in [1.29, 1.82) is 0 Å². The fourth-order valence-corrected chi connectivity index (χ4v) is 1.55. The van der Waals surface area contributed by atoms with Crippen LogP contribution >= 0.6 is 12.2 Å². The van der Waals surface area contributed by atoms with Gasteiger partial charge in [0.2, 0.25) is 0 Å². The van der Waals surface area contributed by atoms with Crippen molar-refractivity contribution < 1.29 is 0 Å². The van der Waals surface area contributed by atoms with Crippen LogP contribution in [-0.4, -0.2) is 9.97 Å². The second-order valence-electron chi connectivity index (χ2n) is 3.25. The quantitative estimate of drug-likeness (QED) is 0.709. The smallest absolute Gasteiger partial charge is 0.110 e. The molecule has 0 aromatic carbocycles. The number of aromatic nitrogens is 2. The molecule has 1 heterocycles. The van der Waals surface area contributed by atoms with Gasteiger partial charge in [0, 0.05) is 17.7 Å². The lowest BCUT2D eigenvalue weighted by Crippen LogP contribution is -1.95. The fourth-order valence-electron chi connectivity index (χ4n) is 1.25. The average molecular weight is 180 g/mol. The standard InChI is InChI=1S/C9H12N2S/c1-2-6-5-10-8(7-3-4-7)11-9(6)12/h5,7H,2-4H2,1H3,(H,10,11,12). The number of hydrogen-bond donors (Lipinski definition) is 1. The van der Waals surface area contributed by atoms with Gasteiger partial charge < -0.3 is 4.98 Å². The van der Waals surface area contributed by atoms with Crippen molar-refractivity contribution >= 4 is 12.2 Å². The normalized spacial score (nSPS) is 16.4. The van der Waals surface area contributed by atoms with E-state index in [1.807, 2.05) is 6.20 Å². The van der Waals surface area contributed by atoms with Crippen molar-refractivity contribution in [2.45, 2.75) is 32.1 Å². The second-order valence-corrected chi connectivity index (χ2v) is 3.66. The topological polar surface area (TPSA) is 28.7 Å². The van der Waals surface area contributed by atoms with E-state index in [4.69, 9.17) is 12.2 Å². The third-order valence-corrected chi connectivity index (χ3v) is 2.60. The van der Waals surface area contributed by atoms with E-state index in [0.29, 0.717) is 5.92 Å². The molecule has 1 aromatic heterocycles. The van der Waals surface area contributed by atoms with Crippen LogP contribution < -0.4 is 0 Å². The Hall–Kier alpha value is -0.700. The third-order valence-electron chi connectivity index (χ3n) is 2.24. The molecule has 0 saturated heterocycles. The number of aromatic amines is 1. The van der Waals surface area contributed by atoms with Crippen LogP contribution in [0, 0.1) is 4.64 Å². The van der Waals surface area contributed by atoms with Crippen molar-refractivity contribution in [3.05, 3.63) is 22.2 Å². The van der Waals surface area contributed by atoms with Gasteiger partial charge in [-0.1, -0.05) is 19.1 Å². The van der Waals surface area contributed by atoms with E-state index in [2.05, 4.69) is 16.9 Å². The molecule has 2 rings (SSSR count). The highest BCUT2D eigenvalue weighted by Gasteiger charge is 2.25. The van der Waals surface area contributed by atoms with E-state index < -0.39 is 0 Å². The minimum absolute atomic E-state index is 0.664. The van der Waals surface area contributed by atoms with Crippen LogP contribution in [0.2, 0.25) is 0 Å². The maximum atomic E-state index is 5.19. The highest BCUT2D eigenvalue weighted by molar-refractivity contribution is 7.71. The molecular weight excluding hydrogens is 168 g/mol. The predicted octanol–water partition coefficient (Wildman–Crippen LogP) is 2.58. The zero-order valence-electron chi connectivity index (χ0n) is 7.13. The number of hydrogen-bond acceptors (Lipinski definition) is 2. The summed E-state index contributed by atoms with van der Waals surface area (Å²) in [5.41, 5.74) is 1.15. The lowest BCUT2D eigenvalue weighted by atomic mass is 10.2. The number of H-pyrrole nitrogens is 1. The summed E-state index contributed by atoms with van der Waals surface area (Å²) in [6, 6.07) is 0. The van der Waals surface area contributed by atoms with Gasteiger partial charge in [0.25, 0.3) is 0 Å². The maximum absolute atomic E-state index is 5.19. The van der Waals surface area contributed by atoms with Crippen molar-refractivity contribution in [2.75, 3.05) is 0 Å². The third kappa shape index (κ3) is 1.41. The molecule has 0 unspecified atom stereocenters. The molecule has 0 radical (unpaired) electrons. The van der Waals surface area contributed by atoms with E-state index in [1.54, 1.807) is 0 Å². The molecule has 1 N–H and O–H groups in total. The molecule has 0 amide bonds. The Morgan fingerprint density at radius 2 is 2.42 bits per heavy atom. The lowest BCUT2D eigenvalue weighted by molar-refractivity contribution is 0.894. The molecule has 0 bridgehead atoms. The van der Waals surface area contributed by atoms with Crippen molar-refractivity contribution in [1.82, 2.24) is 9.97 Å². The van der Waals surface area contributed by atoms with Crippen LogP contribution in [0.4, 0.5) is 0 Å². The van der Waals surface area contributed by atoms with E-state index in [9.17, 15) is 0 Å². The Morgan fingerprint density at radius 3 is 2.92 bits per heavy atom. The highest BCUT2D eigenvalue weighted by Crippen LogP contribution is 2.37. The average Bonchev–Trinajstić information content (AvgIpc) is 2.86. The van der Waals surface area contributed by atoms with Gasteiger partial charge in [-0.05, 0) is 19.3 Å². The zero-order valence-corrected chi connectivity index (χ0v) is 7.95. The first-order chi connectivity index (χ1) is 5.81. The predicted molar refractivity (Wildman–Crippen MR) is 50.8 cm³/mol. The summed E-state index contributed by atoms with van der Waals surface area (Å²) < 4.78 is 0.870. The molecule has 12 heavy (non-hydrogen) atoms. The summed E-state index contributed by atoms with van der Waals surface area (Å²) in [6.07, 6.45) is 5.41. The van der Waals surface area contributed by atoms with Gasteiger partial charge in [0.15, 0.2) is 0 Å². The molecule has 1 saturated carbocycles. The Balaban J connectivity index is 2.37. The van der Waals surface area contributed by atoms with Gasteiger partial charge in [-0.3, -0.25) is 0 Å². The van der Waals surface area contributed by atoms with Crippen molar-refractivity contribution in [2.24, 2.45) is 0 Å². The van der Waals surface area contributed by atoms with Crippen LogP contribution in [0.3, 0.4) is 0 Å². The monoisotopic (exact) mass is 180 g/mol.